The Morgan fingerprint density at radius 3 is 2.27 bits per heavy atom. The van der Waals surface area contributed by atoms with Crippen molar-refractivity contribution in [3.63, 3.8) is 0 Å². The average molecular weight is 217 g/mol. The second-order valence-electron chi connectivity index (χ2n) is 3.75. The van der Waals surface area contributed by atoms with E-state index in [4.69, 9.17) is 15.9 Å². The molecule has 5 heteroatoms. The van der Waals surface area contributed by atoms with E-state index in [0.717, 1.165) is 12.8 Å². The molecule has 0 fully saturated rings. The zero-order valence-corrected chi connectivity index (χ0v) is 8.98. The first kappa shape index (κ1) is 13.9. The van der Waals surface area contributed by atoms with Crippen molar-refractivity contribution < 1.29 is 19.8 Å². The fourth-order valence-electron chi connectivity index (χ4n) is 1.49. The van der Waals surface area contributed by atoms with Crippen LogP contribution in [0.25, 0.3) is 0 Å². The van der Waals surface area contributed by atoms with Gasteiger partial charge in [-0.1, -0.05) is 13.3 Å². The van der Waals surface area contributed by atoms with Crippen molar-refractivity contribution in [2.75, 3.05) is 0 Å². The van der Waals surface area contributed by atoms with Gasteiger partial charge in [-0.15, -0.1) is 0 Å². The van der Waals surface area contributed by atoms with Gasteiger partial charge in [0.05, 0.1) is 5.92 Å². The SMILES string of the molecule is CCC[C@H](N)CC(CCC(=O)O)C(=O)O. The summed E-state index contributed by atoms with van der Waals surface area (Å²) in [4.78, 5) is 21.1. The van der Waals surface area contributed by atoms with Crippen LogP contribution in [0.4, 0.5) is 0 Å². The van der Waals surface area contributed by atoms with Gasteiger partial charge in [-0.05, 0) is 19.3 Å². The first-order valence-corrected chi connectivity index (χ1v) is 5.17. The minimum Gasteiger partial charge on any atom is -0.481 e. The van der Waals surface area contributed by atoms with Gasteiger partial charge in [0.1, 0.15) is 0 Å². The largest absolute Gasteiger partial charge is 0.481 e. The highest BCUT2D eigenvalue weighted by Crippen LogP contribution is 2.15. The summed E-state index contributed by atoms with van der Waals surface area (Å²) >= 11 is 0. The zero-order valence-electron chi connectivity index (χ0n) is 8.98. The molecule has 5 nitrogen and oxygen atoms in total. The lowest BCUT2D eigenvalue weighted by Crippen LogP contribution is -2.27. The van der Waals surface area contributed by atoms with Gasteiger partial charge in [-0.2, -0.15) is 0 Å². The first-order valence-electron chi connectivity index (χ1n) is 5.17. The zero-order chi connectivity index (χ0) is 11.8. The monoisotopic (exact) mass is 217 g/mol. The number of carbonyl (C=O) groups is 2. The Morgan fingerprint density at radius 1 is 1.27 bits per heavy atom. The van der Waals surface area contributed by atoms with E-state index in [9.17, 15) is 9.59 Å². The van der Waals surface area contributed by atoms with Crippen LogP contribution in [0.3, 0.4) is 0 Å². The molecular weight excluding hydrogens is 198 g/mol. The maximum atomic E-state index is 10.8. The Hall–Kier alpha value is -1.10. The van der Waals surface area contributed by atoms with Crippen LogP contribution >= 0.6 is 0 Å². The van der Waals surface area contributed by atoms with E-state index in [0.29, 0.717) is 6.42 Å². The molecule has 4 N–H and O–H groups in total. The molecule has 0 aromatic carbocycles. The summed E-state index contributed by atoms with van der Waals surface area (Å²) < 4.78 is 0. The summed E-state index contributed by atoms with van der Waals surface area (Å²) in [7, 11) is 0. The third kappa shape index (κ3) is 6.90. The summed E-state index contributed by atoms with van der Waals surface area (Å²) in [6, 6.07) is -0.148. The highest BCUT2D eigenvalue weighted by molar-refractivity contribution is 5.72. The summed E-state index contributed by atoms with van der Waals surface area (Å²) in [5.74, 6) is -2.56. The molecule has 0 heterocycles. The Kier molecular flexibility index (Phi) is 6.70. The number of rotatable bonds is 8. The second kappa shape index (κ2) is 7.23. The van der Waals surface area contributed by atoms with Crippen molar-refractivity contribution in [1.82, 2.24) is 0 Å². The molecule has 0 radical (unpaired) electrons. The molecule has 15 heavy (non-hydrogen) atoms. The van der Waals surface area contributed by atoms with Gasteiger partial charge >= 0.3 is 11.9 Å². The van der Waals surface area contributed by atoms with Crippen molar-refractivity contribution in [3.8, 4) is 0 Å². The molecule has 2 atom stereocenters. The number of hydrogen-bond acceptors (Lipinski definition) is 3. The lowest BCUT2D eigenvalue weighted by Gasteiger charge is -2.16. The van der Waals surface area contributed by atoms with E-state index in [1.807, 2.05) is 6.92 Å². The van der Waals surface area contributed by atoms with E-state index < -0.39 is 17.9 Å². The maximum absolute atomic E-state index is 10.8. The van der Waals surface area contributed by atoms with E-state index in [2.05, 4.69) is 0 Å². The van der Waals surface area contributed by atoms with E-state index in [1.165, 1.54) is 0 Å². The highest BCUT2D eigenvalue weighted by Gasteiger charge is 2.21. The van der Waals surface area contributed by atoms with Gasteiger partial charge in [0.15, 0.2) is 0 Å². The third-order valence-corrected chi connectivity index (χ3v) is 2.30. The van der Waals surface area contributed by atoms with E-state index in [-0.39, 0.29) is 18.9 Å². The standard InChI is InChI=1S/C10H19NO4/c1-2-3-8(11)6-7(10(14)15)4-5-9(12)13/h7-8H,2-6,11H2,1H3,(H,12,13)(H,14,15)/t7?,8-/m0/s1. The van der Waals surface area contributed by atoms with Crippen LogP contribution in [-0.2, 0) is 9.59 Å². The van der Waals surface area contributed by atoms with Crippen LogP contribution < -0.4 is 5.73 Å². The predicted octanol–water partition coefficient (Wildman–Crippen LogP) is 1.07. The number of hydrogen-bond donors (Lipinski definition) is 3. The number of carboxylic acids is 2. The van der Waals surface area contributed by atoms with Crippen LogP contribution in [0.1, 0.15) is 39.0 Å². The van der Waals surface area contributed by atoms with Gasteiger partial charge in [-0.25, -0.2) is 0 Å². The predicted molar refractivity (Wildman–Crippen MR) is 55.5 cm³/mol. The van der Waals surface area contributed by atoms with Crippen molar-refractivity contribution in [1.29, 1.82) is 0 Å². The fraction of sp³-hybridized carbons (Fsp3) is 0.800. The van der Waals surface area contributed by atoms with Gasteiger partial charge in [0, 0.05) is 12.5 Å². The molecule has 0 bridgehead atoms. The van der Waals surface area contributed by atoms with Crippen LogP contribution in [0.2, 0.25) is 0 Å². The van der Waals surface area contributed by atoms with E-state index in [1.54, 1.807) is 0 Å². The summed E-state index contributed by atoms with van der Waals surface area (Å²) in [6.07, 6.45) is 2.08. The quantitative estimate of drug-likeness (QED) is 0.564. The minimum atomic E-state index is -0.967. The van der Waals surface area contributed by atoms with Crippen molar-refractivity contribution >= 4 is 11.9 Å². The molecule has 0 aromatic rings. The van der Waals surface area contributed by atoms with Gasteiger partial charge < -0.3 is 15.9 Å². The summed E-state index contributed by atoms with van der Waals surface area (Å²) in [5.41, 5.74) is 5.72. The second-order valence-corrected chi connectivity index (χ2v) is 3.75. The highest BCUT2D eigenvalue weighted by atomic mass is 16.4. The lowest BCUT2D eigenvalue weighted by atomic mass is 9.93. The first-order chi connectivity index (χ1) is 6.97. The van der Waals surface area contributed by atoms with Crippen LogP contribution in [0, 0.1) is 5.92 Å². The molecule has 0 spiro atoms. The molecule has 1 unspecified atom stereocenters. The van der Waals surface area contributed by atoms with Gasteiger partial charge in [0.25, 0.3) is 0 Å². The van der Waals surface area contributed by atoms with Crippen molar-refractivity contribution in [2.24, 2.45) is 11.7 Å². The number of aliphatic carboxylic acids is 2. The van der Waals surface area contributed by atoms with Crippen molar-refractivity contribution in [3.05, 3.63) is 0 Å². The van der Waals surface area contributed by atoms with Gasteiger partial charge in [0.2, 0.25) is 0 Å². The molecule has 0 aliphatic carbocycles. The number of carboxylic acid groups (broad SMARTS) is 2. The fourth-order valence-corrected chi connectivity index (χ4v) is 1.49. The third-order valence-electron chi connectivity index (χ3n) is 2.30. The average Bonchev–Trinajstić information content (AvgIpc) is 2.11. The molecule has 88 valence electrons. The number of nitrogens with two attached hydrogens (primary N) is 1. The molecule has 0 rings (SSSR count). The Labute approximate surface area is 89.3 Å². The molecule has 0 aromatic heterocycles. The molecular formula is C10H19NO4. The Balaban J connectivity index is 4.04. The van der Waals surface area contributed by atoms with Crippen LogP contribution in [0.15, 0.2) is 0 Å². The molecule has 0 saturated heterocycles. The Bertz CT molecular complexity index is 217. The minimum absolute atomic E-state index is 0.115. The molecule has 0 amide bonds. The molecule has 0 aliphatic rings. The molecule has 0 saturated carbocycles. The van der Waals surface area contributed by atoms with Gasteiger partial charge in [-0.3, -0.25) is 9.59 Å². The lowest BCUT2D eigenvalue weighted by molar-refractivity contribution is -0.143. The Morgan fingerprint density at radius 2 is 1.87 bits per heavy atom. The smallest absolute Gasteiger partial charge is 0.306 e. The summed E-state index contributed by atoms with van der Waals surface area (Å²) in [6.45, 7) is 1.98. The van der Waals surface area contributed by atoms with E-state index >= 15 is 0 Å². The summed E-state index contributed by atoms with van der Waals surface area (Å²) in [5, 5.41) is 17.3. The normalized spacial score (nSPS) is 14.5. The maximum Gasteiger partial charge on any atom is 0.306 e. The topological polar surface area (TPSA) is 101 Å². The van der Waals surface area contributed by atoms with Crippen LogP contribution in [-0.4, -0.2) is 28.2 Å². The van der Waals surface area contributed by atoms with Crippen molar-refractivity contribution in [2.45, 2.75) is 45.1 Å². The van der Waals surface area contributed by atoms with Crippen LogP contribution in [0.5, 0.6) is 0 Å². The molecule has 0 aliphatic heterocycles.